The summed E-state index contributed by atoms with van der Waals surface area (Å²) in [5, 5.41) is 0.633. The summed E-state index contributed by atoms with van der Waals surface area (Å²) in [4.78, 5) is 39.6. The summed E-state index contributed by atoms with van der Waals surface area (Å²) in [5.41, 5.74) is 8.43. The van der Waals surface area contributed by atoms with Gasteiger partial charge < -0.3 is 39.2 Å². The fourth-order valence-electron chi connectivity index (χ4n) is 6.62. The number of carbonyl (C=O) groups is 2. The molecule has 2 atom stereocenters. The Hall–Kier alpha value is -5.17. The third-order valence-corrected chi connectivity index (χ3v) is 9.22. The summed E-state index contributed by atoms with van der Waals surface area (Å²) >= 11 is 0. The van der Waals surface area contributed by atoms with Crippen LogP contribution in [0.15, 0.2) is 60.7 Å². The van der Waals surface area contributed by atoms with Crippen LogP contribution in [-0.4, -0.2) is 86.0 Å². The Labute approximate surface area is 316 Å². The van der Waals surface area contributed by atoms with Crippen LogP contribution in [0.1, 0.15) is 76.5 Å². The van der Waals surface area contributed by atoms with Crippen molar-refractivity contribution >= 4 is 34.5 Å². The number of halogens is 1. The molecular formula is C41H52FN5O7. The molecule has 0 aliphatic carbocycles. The molecule has 0 radical (unpaired) electrons. The van der Waals surface area contributed by atoms with Crippen molar-refractivity contribution in [2.45, 2.75) is 70.9 Å². The molecule has 54 heavy (non-hydrogen) atoms. The summed E-state index contributed by atoms with van der Waals surface area (Å²) in [6, 6.07) is 17.3. The van der Waals surface area contributed by atoms with Gasteiger partial charge in [-0.05, 0) is 74.6 Å². The van der Waals surface area contributed by atoms with Crippen molar-refractivity contribution in [3.8, 4) is 17.2 Å². The van der Waals surface area contributed by atoms with Gasteiger partial charge in [0.15, 0.2) is 11.5 Å². The second-order valence-electron chi connectivity index (χ2n) is 14.3. The Morgan fingerprint density at radius 1 is 0.963 bits per heavy atom. The van der Waals surface area contributed by atoms with Gasteiger partial charge >= 0.3 is 5.97 Å². The molecule has 0 bridgehead atoms. The first-order valence-electron chi connectivity index (χ1n) is 18.4. The van der Waals surface area contributed by atoms with E-state index in [-0.39, 0.29) is 55.9 Å². The minimum atomic E-state index is -0.542. The van der Waals surface area contributed by atoms with E-state index >= 15 is 0 Å². The van der Waals surface area contributed by atoms with E-state index in [2.05, 4.69) is 11.8 Å². The molecule has 12 nitrogen and oxygen atoms in total. The van der Waals surface area contributed by atoms with Gasteiger partial charge in [-0.1, -0.05) is 37.6 Å². The van der Waals surface area contributed by atoms with Gasteiger partial charge in [-0.25, -0.2) is 9.37 Å². The predicted molar refractivity (Wildman–Crippen MR) is 206 cm³/mol. The second kappa shape index (κ2) is 18.2. The number of aromatic nitrogens is 2. The smallest absolute Gasteiger partial charge is 0.308 e. The molecule has 1 aliphatic heterocycles. The van der Waals surface area contributed by atoms with Crippen LogP contribution in [0.3, 0.4) is 0 Å². The third kappa shape index (κ3) is 10.5. The summed E-state index contributed by atoms with van der Waals surface area (Å²) < 4.78 is 41.8. The van der Waals surface area contributed by atoms with Crippen LogP contribution >= 0.6 is 0 Å². The molecule has 1 amide bonds. The molecule has 1 aromatic heterocycles. The minimum Gasteiger partial charge on any atom is -0.493 e. The maximum atomic E-state index is 14.0. The van der Waals surface area contributed by atoms with Crippen molar-refractivity contribution in [2.75, 3.05) is 64.3 Å². The van der Waals surface area contributed by atoms with Gasteiger partial charge in [-0.3, -0.25) is 9.59 Å². The van der Waals surface area contributed by atoms with Gasteiger partial charge in [0.1, 0.15) is 29.6 Å². The lowest BCUT2D eigenvalue weighted by Crippen LogP contribution is -2.51. The van der Waals surface area contributed by atoms with E-state index in [1.54, 1.807) is 38.5 Å². The SMILES string of the molecule is CCC[C@H](CC(=O)N1CCN(c2nc(N)c3cc(OC)c(OC)cc3n2)C(c2cccc(OCCOCCC(=O)OC(C)(C)C)c2)C1)c1ccc(F)cc1. The number of hydrogen-bond donors (Lipinski definition) is 1. The van der Waals surface area contributed by atoms with Crippen molar-refractivity contribution in [2.24, 2.45) is 0 Å². The van der Waals surface area contributed by atoms with Gasteiger partial charge in [-0.2, -0.15) is 4.98 Å². The number of piperazine rings is 1. The fraction of sp³-hybridized carbons (Fsp3) is 0.463. The van der Waals surface area contributed by atoms with Gasteiger partial charge in [0, 0.05) is 37.5 Å². The first-order valence-corrected chi connectivity index (χ1v) is 18.4. The zero-order valence-electron chi connectivity index (χ0n) is 32.1. The fourth-order valence-corrected chi connectivity index (χ4v) is 6.62. The molecule has 1 unspecified atom stereocenters. The zero-order valence-corrected chi connectivity index (χ0v) is 32.1. The topological polar surface area (TPSA) is 139 Å². The maximum Gasteiger partial charge on any atom is 0.308 e. The Bertz CT molecular complexity index is 1880. The number of hydrogen-bond acceptors (Lipinski definition) is 11. The lowest BCUT2D eigenvalue weighted by atomic mass is 9.90. The van der Waals surface area contributed by atoms with Crippen LogP contribution in [0, 0.1) is 5.82 Å². The van der Waals surface area contributed by atoms with Crippen molar-refractivity contribution in [1.29, 1.82) is 0 Å². The molecule has 1 aliphatic rings. The first kappa shape index (κ1) is 40.0. The molecule has 1 saturated heterocycles. The number of nitrogen functional groups attached to an aromatic ring is 1. The predicted octanol–water partition coefficient (Wildman–Crippen LogP) is 6.86. The highest BCUT2D eigenvalue weighted by Gasteiger charge is 2.34. The molecule has 1 fully saturated rings. The standard InChI is InChI=1S/C41H52FN5O7/c1-7-9-28(27-12-14-30(42)15-13-27)23-37(48)46-17-18-47(40-44-33-25-36(51-6)35(50-5)24-32(33)39(43)45-40)34(26-46)29-10-8-11-31(22-29)53-21-20-52-19-16-38(49)54-41(2,3)4/h8,10-15,22,24-25,28,34H,7,9,16-21,23,26H2,1-6H3,(H2,43,44,45)/t28-,34?/m1/s1. The summed E-state index contributed by atoms with van der Waals surface area (Å²) in [6.07, 6.45) is 2.17. The highest BCUT2D eigenvalue weighted by molar-refractivity contribution is 5.92. The van der Waals surface area contributed by atoms with E-state index in [0.29, 0.717) is 66.0 Å². The molecular weight excluding hydrogens is 693 g/mol. The summed E-state index contributed by atoms with van der Waals surface area (Å²) in [7, 11) is 3.12. The molecule has 13 heteroatoms. The molecule has 5 rings (SSSR count). The third-order valence-electron chi connectivity index (χ3n) is 9.22. The monoisotopic (exact) mass is 745 g/mol. The number of ether oxygens (including phenoxy) is 5. The van der Waals surface area contributed by atoms with Crippen LogP contribution < -0.4 is 24.8 Å². The zero-order chi connectivity index (χ0) is 38.8. The van der Waals surface area contributed by atoms with Crippen LogP contribution in [0.2, 0.25) is 0 Å². The van der Waals surface area contributed by atoms with E-state index in [0.717, 1.165) is 24.0 Å². The molecule has 3 aromatic carbocycles. The van der Waals surface area contributed by atoms with E-state index in [1.165, 1.54) is 12.1 Å². The number of nitrogens with zero attached hydrogens (tertiary/aromatic N) is 4. The van der Waals surface area contributed by atoms with Gasteiger partial charge in [0.25, 0.3) is 0 Å². The highest BCUT2D eigenvalue weighted by Crippen LogP contribution is 2.37. The number of amides is 1. The molecule has 2 heterocycles. The minimum absolute atomic E-state index is 0.0223. The molecule has 2 N–H and O–H groups in total. The largest absolute Gasteiger partial charge is 0.493 e. The number of nitrogens with two attached hydrogens (primary N) is 1. The van der Waals surface area contributed by atoms with Crippen molar-refractivity contribution < 1.29 is 37.7 Å². The first-order chi connectivity index (χ1) is 25.9. The normalized spacial score (nSPS) is 15.2. The number of benzene rings is 3. The summed E-state index contributed by atoms with van der Waals surface area (Å²) in [5.74, 6) is 1.75. The van der Waals surface area contributed by atoms with Crippen LogP contribution in [0.25, 0.3) is 10.9 Å². The van der Waals surface area contributed by atoms with E-state index in [1.807, 2.05) is 49.9 Å². The average Bonchev–Trinajstić information content (AvgIpc) is 3.15. The Morgan fingerprint density at radius 3 is 2.41 bits per heavy atom. The molecule has 4 aromatic rings. The highest BCUT2D eigenvalue weighted by atomic mass is 19.1. The number of rotatable bonds is 16. The maximum absolute atomic E-state index is 14.0. The lowest BCUT2D eigenvalue weighted by molar-refractivity contribution is -0.156. The average molecular weight is 746 g/mol. The molecule has 290 valence electrons. The number of esters is 1. The number of methoxy groups -OCH3 is 2. The molecule has 0 spiro atoms. The van der Waals surface area contributed by atoms with Crippen LogP contribution in [-0.2, 0) is 19.1 Å². The van der Waals surface area contributed by atoms with Gasteiger partial charge in [0.05, 0.1) is 45.4 Å². The number of fused-ring (bicyclic) bond motifs is 1. The number of carbonyl (C=O) groups excluding carboxylic acids is 2. The van der Waals surface area contributed by atoms with Crippen molar-refractivity contribution in [3.05, 3.63) is 77.6 Å². The quantitative estimate of drug-likeness (QED) is 0.0951. The van der Waals surface area contributed by atoms with E-state index in [4.69, 9.17) is 39.4 Å². The van der Waals surface area contributed by atoms with E-state index < -0.39 is 5.60 Å². The molecule has 0 saturated carbocycles. The van der Waals surface area contributed by atoms with Gasteiger partial charge in [0.2, 0.25) is 11.9 Å². The van der Waals surface area contributed by atoms with Crippen LogP contribution in [0.4, 0.5) is 16.2 Å². The Kier molecular flexibility index (Phi) is 13.5. The van der Waals surface area contributed by atoms with E-state index in [9.17, 15) is 14.0 Å². The van der Waals surface area contributed by atoms with Crippen LogP contribution in [0.5, 0.6) is 17.2 Å². The number of anilines is 2. The second-order valence-corrected chi connectivity index (χ2v) is 14.3. The Balaban J connectivity index is 1.37. The van der Waals surface area contributed by atoms with Gasteiger partial charge in [-0.15, -0.1) is 0 Å². The van der Waals surface area contributed by atoms with Crippen molar-refractivity contribution in [3.63, 3.8) is 0 Å². The van der Waals surface area contributed by atoms with Crippen molar-refractivity contribution in [1.82, 2.24) is 14.9 Å². The summed E-state index contributed by atoms with van der Waals surface area (Å²) in [6.45, 7) is 9.61. The Morgan fingerprint density at radius 2 is 1.70 bits per heavy atom. The lowest BCUT2D eigenvalue weighted by Gasteiger charge is -2.42.